The number of hydrogen-bond acceptors (Lipinski definition) is 15. The van der Waals surface area contributed by atoms with Crippen LogP contribution in [0.1, 0.15) is 0 Å². The van der Waals surface area contributed by atoms with Crippen LogP contribution < -0.4 is 0 Å². The standard InChI is InChI=1S/C32H18N8O9S3.Al/c41-50(42,43)21-13-20-22(24(52(47,48)49)23(21)51(44,45)46)32-39-30-19-12-6-5-11-18(19)28(37-30)35-26-15-8-2-1-7-14(15)25(33-26)34-27-16-9-3-4-10-17(16)29(36-27)38-31(20)40-32;/h1-13H,(H,41,42,43)(H,44,45,46)(H,47,48,49)(H2,33,34,35,36,37,38,39,40);/q;+3/p-3. The molecule has 7 aromatic rings. The summed E-state index contributed by atoms with van der Waals surface area (Å²) in [5, 5.41) is 0.0200. The Kier molecular flexibility index (Phi) is 7.67. The SMILES string of the molecule is O=S(=O)([O-])c1cc2c3nc4nc(nc5[nH]c(nc6nc(nc([nH]3)c2c(S(=O)(=O)[O-])c1S(=O)(=O)[O-])-c1ccccc1-6)c1ccccc51)-c1ccccc1-4.[Al+3]. The summed E-state index contributed by atoms with van der Waals surface area (Å²) >= 11 is 0. The molecule has 0 saturated carbocycles. The zero-order chi connectivity index (χ0) is 36.3. The number of aromatic nitrogens is 8. The van der Waals surface area contributed by atoms with Gasteiger partial charge < -0.3 is 23.6 Å². The van der Waals surface area contributed by atoms with E-state index in [1.165, 1.54) is 0 Å². The first-order chi connectivity index (χ1) is 24.7. The van der Waals surface area contributed by atoms with Crippen LogP contribution in [0.15, 0.2) is 93.5 Å². The van der Waals surface area contributed by atoms with Crippen molar-refractivity contribution in [2.45, 2.75) is 14.7 Å². The van der Waals surface area contributed by atoms with Crippen LogP contribution >= 0.6 is 0 Å². The number of benzene rings is 4. The van der Waals surface area contributed by atoms with Gasteiger partial charge in [0.2, 0.25) is 0 Å². The molecule has 4 aromatic carbocycles. The van der Waals surface area contributed by atoms with E-state index < -0.39 is 67.1 Å². The first-order valence-electron chi connectivity index (χ1n) is 14.9. The van der Waals surface area contributed by atoms with E-state index in [0.29, 0.717) is 50.4 Å². The van der Waals surface area contributed by atoms with Crippen molar-refractivity contribution in [2.75, 3.05) is 0 Å². The second-order valence-electron chi connectivity index (χ2n) is 11.6. The Morgan fingerprint density at radius 3 is 1.19 bits per heavy atom. The number of fused-ring (bicyclic) bond motifs is 20. The van der Waals surface area contributed by atoms with Crippen LogP contribution in [0.5, 0.6) is 0 Å². The van der Waals surface area contributed by atoms with Crippen molar-refractivity contribution in [3.63, 3.8) is 0 Å². The Balaban J connectivity index is 0.00000400. The van der Waals surface area contributed by atoms with Crippen LogP contribution in [-0.2, 0) is 30.4 Å². The van der Waals surface area contributed by atoms with Crippen molar-refractivity contribution < 1.29 is 38.9 Å². The van der Waals surface area contributed by atoms with Gasteiger partial charge in [-0.2, -0.15) is 0 Å². The van der Waals surface area contributed by atoms with Crippen LogP contribution in [0.25, 0.3) is 89.7 Å². The summed E-state index contributed by atoms with van der Waals surface area (Å²) in [7, 11) is -18.1. The summed E-state index contributed by atoms with van der Waals surface area (Å²) in [6.07, 6.45) is 0. The van der Waals surface area contributed by atoms with Gasteiger partial charge in [0.15, 0.2) is 23.3 Å². The zero-order valence-electron chi connectivity index (χ0n) is 26.2. The van der Waals surface area contributed by atoms with Gasteiger partial charge in [0.1, 0.15) is 52.9 Å². The van der Waals surface area contributed by atoms with Crippen LogP contribution in [0, 0.1) is 0 Å². The molecule has 0 fully saturated rings. The maximum absolute atomic E-state index is 12.9. The first kappa shape index (κ1) is 34.6. The van der Waals surface area contributed by atoms with E-state index in [4.69, 9.17) is 9.97 Å². The molecule has 0 radical (unpaired) electrons. The number of aromatic amines is 2. The van der Waals surface area contributed by atoms with Gasteiger partial charge in [-0.05, 0) is 6.07 Å². The quantitative estimate of drug-likeness (QED) is 0.192. The third-order valence-electron chi connectivity index (χ3n) is 8.49. The Morgan fingerprint density at radius 2 is 0.792 bits per heavy atom. The molecule has 5 heterocycles. The fraction of sp³-hybridized carbons (Fsp3) is 0. The summed E-state index contributed by atoms with van der Waals surface area (Å²) in [5.74, 6) is 0.205. The molecule has 21 heteroatoms. The van der Waals surface area contributed by atoms with Crippen molar-refractivity contribution in [2.24, 2.45) is 0 Å². The molecule has 9 rings (SSSR count). The normalized spacial score (nSPS) is 12.7. The molecule has 0 unspecified atom stereocenters. The van der Waals surface area contributed by atoms with Gasteiger partial charge in [0.05, 0.1) is 14.7 Å². The summed E-state index contributed by atoms with van der Waals surface area (Å²) in [6.45, 7) is 0. The fourth-order valence-corrected chi connectivity index (χ4v) is 9.69. The Labute approximate surface area is 308 Å². The average Bonchev–Trinajstić information content (AvgIpc) is 3.82. The van der Waals surface area contributed by atoms with Gasteiger partial charge in [-0.3, -0.25) is 0 Å². The maximum Gasteiger partial charge on any atom is 3.00 e. The summed E-state index contributed by atoms with van der Waals surface area (Å²) < 4.78 is 113. The van der Waals surface area contributed by atoms with Crippen LogP contribution in [0.4, 0.5) is 0 Å². The molecule has 0 spiro atoms. The summed E-state index contributed by atoms with van der Waals surface area (Å²) in [6, 6.07) is 21.3. The molecule has 0 atom stereocenters. The van der Waals surface area contributed by atoms with Crippen LogP contribution in [0.2, 0.25) is 0 Å². The Bertz CT molecular complexity index is 3300. The maximum atomic E-state index is 12.9. The number of H-pyrrole nitrogens is 2. The van der Waals surface area contributed by atoms with Crippen molar-refractivity contribution in [1.29, 1.82) is 0 Å². The van der Waals surface area contributed by atoms with Crippen molar-refractivity contribution >= 4 is 91.8 Å². The minimum atomic E-state index is -6.11. The number of nitrogens with zero attached hydrogens (tertiary/aromatic N) is 6. The third-order valence-corrected chi connectivity index (χ3v) is 11.4. The average molecular weight is 779 g/mol. The number of hydrogen-bond donors (Lipinski definition) is 2. The molecule has 0 amide bonds. The smallest absolute Gasteiger partial charge is 0.744 e. The second-order valence-corrected chi connectivity index (χ2v) is 15.5. The van der Waals surface area contributed by atoms with E-state index >= 15 is 0 Å². The van der Waals surface area contributed by atoms with E-state index in [1.807, 2.05) is 24.3 Å². The molecule has 2 aliphatic heterocycles. The van der Waals surface area contributed by atoms with E-state index in [0.717, 1.165) is 0 Å². The van der Waals surface area contributed by atoms with Crippen molar-refractivity contribution in [1.82, 2.24) is 39.9 Å². The van der Waals surface area contributed by atoms with Gasteiger partial charge in [-0.1, -0.05) is 72.8 Å². The van der Waals surface area contributed by atoms with Crippen molar-refractivity contribution in [3.8, 4) is 45.6 Å². The molecular formula is C32H15AlN8O9S3. The van der Waals surface area contributed by atoms with Crippen LogP contribution in [-0.4, -0.2) is 96.1 Å². The Hall–Kier alpha value is -5.50. The van der Waals surface area contributed by atoms with E-state index in [-0.39, 0.29) is 40.7 Å². The fourth-order valence-electron chi connectivity index (χ4n) is 6.38. The van der Waals surface area contributed by atoms with Gasteiger partial charge in [-0.25, -0.2) is 55.2 Å². The molecule has 0 aliphatic carbocycles. The molecule has 17 nitrogen and oxygen atoms in total. The van der Waals surface area contributed by atoms with Gasteiger partial charge >= 0.3 is 17.4 Å². The van der Waals surface area contributed by atoms with Gasteiger partial charge in [0.25, 0.3) is 0 Å². The molecule has 53 heavy (non-hydrogen) atoms. The molecule has 3 aromatic heterocycles. The van der Waals surface area contributed by atoms with E-state index in [1.54, 1.807) is 48.5 Å². The molecule has 258 valence electrons. The van der Waals surface area contributed by atoms with Crippen LogP contribution in [0.3, 0.4) is 0 Å². The summed E-state index contributed by atoms with van der Waals surface area (Å²) in [5.41, 5.74) is 1.62. The minimum absolute atomic E-state index is 0. The Morgan fingerprint density at radius 1 is 0.434 bits per heavy atom. The molecule has 0 saturated heterocycles. The number of nitrogens with one attached hydrogen (secondary N) is 2. The largest absolute Gasteiger partial charge is 3.00 e. The van der Waals surface area contributed by atoms with Crippen molar-refractivity contribution in [3.05, 3.63) is 78.9 Å². The van der Waals surface area contributed by atoms with Gasteiger partial charge in [0, 0.05) is 43.8 Å². The second kappa shape index (κ2) is 11.8. The predicted molar refractivity (Wildman–Crippen MR) is 186 cm³/mol. The number of rotatable bonds is 3. The molecule has 2 N–H and O–H groups in total. The minimum Gasteiger partial charge on any atom is -0.744 e. The topological polar surface area (TPSA) is 281 Å². The molecule has 2 aliphatic rings. The first-order valence-corrected chi connectivity index (χ1v) is 19.1. The van der Waals surface area contributed by atoms with Gasteiger partial charge in [-0.15, -0.1) is 0 Å². The zero-order valence-corrected chi connectivity index (χ0v) is 29.8. The molecule has 8 bridgehead atoms. The summed E-state index contributed by atoms with van der Waals surface area (Å²) in [4.78, 5) is 28.1. The molecular weight excluding hydrogens is 764 g/mol. The van der Waals surface area contributed by atoms with E-state index in [9.17, 15) is 38.9 Å². The monoisotopic (exact) mass is 778 g/mol. The third kappa shape index (κ3) is 5.49. The van der Waals surface area contributed by atoms with E-state index in [2.05, 4.69) is 29.9 Å². The predicted octanol–water partition coefficient (Wildman–Crippen LogP) is 3.20.